The number of nitrogens with zero attached hydrogens (tertiary/aromatic N) is 3. The Morgan fingerprint density at radius 3 is 2.54 bits per heavy atom. The molecule has 2 aromatic rings. The molecule has 8 nitrogen and oxygen atoms in total. The number of aromatic nitrogens is 2. The summed E-state index contributed by atoms with van der Waals surface area (Å²) in [6.45, 7) is 4.83. The third kappa shape index (κ3) is 3.63. The van der Waals surface area contributed by atoms with Crippen molar-refractivity contribution in [3.63, 3.8) is 0 Å². The molecule has 0 aliphatic carbocycles. The first kappa shape index (κ1) is 17.8. The lowest BCUT2D eigenvalue weighted by atomic mass is 10.2. The van der Waals surface area contributed by atoms with E-state index in [0.29, 0.717) is 19.0 Å². The quantitative estimate of drug-likeness (QED) is 0.806. The van der Waals surface area contributed by atoms with Gasteiger partial charge in [-0.15, -0.1) is 0 Å². The minimum atomic E-state index is -0.659. The van der Waals surface area contributed by atoms with E-state index in [9.17, 15) is 9.59 Å². The lowest BCUT2D eigenvalue weighted by Gasteiger charge is -2.36. The lowest BCUT2D eigenvalue weighted by Crippen LogP contribution is -2.47. The van der Waals surface area contributed by atoms with Gasteiger partial charge in [-0.3, -0.25) is 9.78 Å². The maximum absolute atomic E-state index is 12.1. The monoisotopic (exact) mass is 358 g/mol. The number of ether oxygens (including phenoxy) is 2. The third-order valence-electron chi connectivity index (χ3n) is 4.29. The van der Waals surface area contributed by atoms with Gasteiger partial charge in [0.25, 0.3) is 5.56 Å². The van der Waals surface area contributed by atoms with Crippen LogP contribution in [0.3, 0.4) is 0 Å². The van der Waals surface area contributed by atoms with Crippen LogP contribution in [0.2, 0.25) is 0 Å². The normalized spacial score (nSPS) is 14.2. The molecule has 0 saturated carbocycles. The maximum atomic E-state index is 12.1. The van der Waals surface area contributed by atoms with Gasteiger partial charge in [-0.25, -0.2) is 9.78 Å². The minimum Gasteiger partial charge on any atom is -0.495 e. The summed E-state index contributed by atoms with van der Waals surface area (Å²) in [5.41, 5.74) is 0.484. The van der Waals surface area contributed by atoms with Crippen LogP contribution in [0, 0.1) is 0 Å². The van der Waals surface area contributed by atoms with Crippen LogP contribution in [0.5, 0.6) is 5.75 Å². The Kier molecular flexibility index (Phi) is 5.40. The zero-order valence-electron chi connectivity index (χ0n) is 14.9. The molecule has 1 N–H and O–H groups in total. The van der Waals surface area contributed by atoms with Crippen molar-refractivity contribution in [3.8, 4) is 5.75 Å². The van der Waals surface area contributed by atoms with Crippen molar-refractivity contribution in [2.45, 2.75) is 6.92 Å². The van der Waals surface area contributed by atoms with Gasteiger partial charge in [-0.2, -0.15) is 0 Å². The molecule has 138 valence electrons. The van der Waals surface area contributed by atoms with E-state index in [4.69, 9.17) is 9.47 Å². The van der Waals surface area contributed by atoms with Crippen molar-refractivity contribution in [2.75, 3.05) is 49.7 Å². The van der Waals surface area contributed by atoms with E-state index in [2.05, 4.69) is 14.9 Å². The molecule has 8 heteroatoms. The molecule has 0 unspecified atom stereocenters. The summed E-state index contributed by atoms with van der Waals surface area (Å²) >= 11 is 0. The molecule has 1 aromatic carbocycles. The Hall–Kier alpha value is -3.03. The van der Waals surface area contributed by atoms with E-state index in [0.717, 1.165) is 24.5 Å². The van der Waals surface area contributed by atoms with Gasteiger partial charge in [-0.05, 0) is 19.1 Å². The Morgan fingerprint density at radius 2 is 1.88 bits per heavy atom. The number of esters is 1. The molecule has 1 aliphatic rings. The fourth-order valence-corrected chi connectivity index (χ4v) is 2.95. The number of hydrogen-bond donors (Lipinski definition) is 1. The average molecular weight is 358 g/mol. The molecule has 0 radical (unpaired) electrons. The zero-order valence-corrected chi connectivity index (χ0v) is 14.9. The van der Waals surface area contributed by atoms with Crippen LogP contribution in [0.15, 0.2) is 35.3 Å². The highest BCUT2D eigenvalue weighted by atomic mass is 16.5. The first-order chi connectivity index (χ1) is 12.6. The third-order valence-corrected chi connectivity index (χ3v) is 4.29. The van der Waals surface area contributed by atoms with Gasteiger partial charge >= 0.3 is 5.97 Å². The number of carbonyl (C=O) groups is 1. The van der Waals surface area contributed by atoms with E-state index in [-0.39, 0.29) is 12.2 Å². The topological polar surface area (TPSA) is 87.8 Å². The molecule has 3 rings (SSSR count). The van der Waals surface area contributed by atoms with Crippen LogP contribution in [0.1, 0.15) is 17.3 Å². The van der Waals surface area contributed by atoms with Gasteiger partial charge < -0.3 is 19.3 Å². The molecule has 0 spiro atoms. The van der Waals surface area contributed by atoms with Crippen LogP contribution in [0.4, 0.5) is 11.6 Å². The summed E-state index contributed by atoms with van der Waals surface area (Å²) < 4.78 is 10.3. The van der Waals surface area contributed by atoms with E-state index in [1.54, 1.807) is 14.0 Å². The smallest absolute Gasteiger partial charge is 0.345 e. The molecule has 1 saturated heterocycles. The highest BCUT2D eigenvalue weighted by Crippen LogP contribution is 2.28. The fourth-order valence-electron chi connectivity index (χ4n) is 2.95. The molecular formula is C18H22N4O4. The number of para-hydroxylation sites is 2. The molecule has 0 bridgehead atoms. The zero-order chi connectivity index (χ0) is 18.5. The Morgan fingerprint density at radius 1 is 1.19 bits per heavy atom. The van der Waals surface area contributed by atoms with Crippen LogP contribution >= 0.6 is 0 Å². The van der Waals surface area contributed by atoms with E-state index < -0.39 is 11.5 Å². The second-order valence-corrected chi connectivity index (χ2v) is 5.82. The van der Waals surface area contributed by atoms with Gasteiger partial charge in [-0.1, -0.05) is 12.1 Å². The second kappa shape index (κ2) is 7.90. The van der Waals surface area contributed by atoms with Gasteiger partial charge in [0, 0.05) is 26.2 Å². The predicted octanol–water partition coefficient (Wildman–Crippen LogP) is 1.28. The van der Waals surface area contributed by atoms with Gasteiger partial charge in [0.05, 0.1) is 25.6 Å². The number of piperazine rings is 1. The van der Waals surface area contributed by atoms with Crippen molar-refractivity contribution in [2.24, 2.45) is 0 Å². The van der Waals surface area contributed by atoms with Crippen LogP contribution in [-0.2, 0) is 4.74 Å². The molecular weight excluding hydrogens is 336 g/mol. The predicted molar refractivity (Wildman–Crippen MR) is 98.2 cm³/mol. The molecule has 0 atom stereocenters. The van der Waals surface area contributed by atoms with Crippen molar-refractivity contribution in [1.82, 2.24) is 9.97 Å². The van der Waals surface area contributed by atoms with Crippen LogP contribution in [-0.4, -0.2) is 55.8 Å². The highest BCUT2D eigenvalue weighted by molar-refractivity contribution is 5.88. The number of methoxy groups -OCH3 is 1. The molecule has 1 fully saturated rings. The SMILES string of the molecule is CCOC(=O)c1cnc(N2CCN(c3ccccc3OC)CC2)[nH]c1=O. The number of carbonyl (C=O) groups excluding carboxylic acids is 1. The Bertz CT molecular complexity index is 828. The number of aromatic amines is 1. The molecule has 2 heterocycles. The number of nitrogens with one attached hydrogen (secondary N) is 1. The summed E-state index contributed by atoms with van der Waals surface area (Å²) in [6.07, 6.45) is 1.28. The van der Waals surface area contributed by atoms with E-state index in [1.165, 1.54) is 6.20 Å². The van der Waals surface area contributed by atoms with Crippen molar-refractivity contribution >= 4 is 17.6 Å². The number of rotatable bonds is 5. The van der Waals surface area contributed by atoms with Crippen molar-refractivity contribution in [3.05, 3.63) is 46.4 Å². The second-order valence-electron chi connectivity index (χ2n) is 5.82. The Balaban J connectivity index is 1.69. The molecule has 26 heavy (non-hydrogen) atoms. The van der Waals surface area contributed by atoms with Crippen LogP contribution in [0.25, 0.3) is 0 Å². The molecule has 1 aromatic heterocycles. The number of hydrogen-bond acceptors (Lipinski definition) is 7. The first-order valence-electron chi connectivity index (χ1n) is 8.53. The van der Waals surface area contributed by atoms with E-state index in [1.807, 2.05) is 29.2 Å². The van der Waals surface area contributed by atoms with Crippen molar-refractivity contribution < 1.29 is 14.3 Å². The maximum Gasteiger partial charge on any atom is 0.345 e. The minimum absolute atomic E-state index is 0.0803. The lowest BCUT2D eigenvalue weighted by molar-refractivity contribution is 0.0523. The van der Waals surface area contributed by atoms with Crippen molar-refractivity contribution in [1.29, 1.82) is 0 Å². The van der Waals surface area contributed by atoms with Crippen LogP contribution < -0.4 is 20.1 Å². The molecule has 0 amide bonds. The largest absolute Gasteiger partial charge is 0.495 e. The van der Waals surface area contributed by atoms with E-state index >= 15 is 0 Å². The first-order valence-corrected chi connectivity index (χ1v) is 8.53. The summed E-state index contributed by atoms with van der Waals surface area (Å²) in [6, 6.07) is 7.90. The van der Waals surface area contributed by atoms with Gasteiger partial charge in [0.2, 0.25) is 5.95 Å². The Labute approximate surface area is 151 Å². The summed E-state index contributed by atoms with van der Waals surface area (Å²) in [4.78, 5) is 34.9. The standard InChI is InChI=1S/C18H22N4O4/c1-3-26-17(24)13-12-19-18(20-16(13)23)22-10-8-21(9-11-22)14-6-4-5-7-15(14)25-2/h4-7,12H,3,8-11H2,1-2H3,(H,19,20,23). The fraction of sp³-hybridized carbons (Fsp3) is 0.389. The summed E-state index contributed by atoms with van der Waals surface area (Å²) in [7, 11) is 1.66. The number of H-pyrrole nitrogens is 1. The van der Waals surface area contributed by atoms with Gasteiger partial charge in [0.1, 0.15) is 11.3 Å². The van der Waals surface area contributed by atoms with Gasteiger partial charge in [0.15, 0.2) is 0 Å². The summed E-state index contributed by atoms with van der Waals surface area (Å²) in [5.74, 6) is 0.641. The average Bonchev–Trinajstić information content (AvgIpc) is 2.68. The number of benzene rings is 1. The summed E-state index contributed by atoms with van der Waals surface area (Å²) in [5, 5.41) is 0. The highest BCUT2D eigenvalue weighted by Gasteiger charge is 2.22. The number of anilines is 2. The molecule has 1 aliphatic heterocycles.